The minimum absolute atomic E-state index is 0.192. The number of carbonyl (C=O) groups is 1. The van der Waals surface area contributed by atoms with Gasteiger partial charge in [0.2, 0.25) is 0 Å². The van der Waals surface area contributed by atoms with Crippen LogP contribution in [0.25, 0.3) is 0 Å². The maximum Gasteiger partial charge on any atom is 0.319 e. The van der Waals surface area contributed by atoms with E-state index < -0.39 is 0 Å². The second-order valence-corrected chi connectivity index (χ2v) is 6.80. The van der Waals surface area contributed by atoms with E-state index in [1.165, 1.54) is 12.1 Å². The molecule has 0 bridgehead atoms. The molecule has 2 amide bonds. The number of halogens is 1. The summed E-state index contributed by atoms with van der Waals surface area (Å²) in [6.45, 7) is 5.38. The first kappa shape index (κ1) is 19.2. The fraction of sp³-hybridized carbons (Fsp3) is 0.381. The number of rotatable bonds is 6. The zero-order valence-corrected chi connectivity index (χ0v) is 15.6. The standard InChI is InChI=1S/C21H26FN3O2/c1-2-12-25-13-10-18(11-14-25)24-21(26)23-17-6-8-19(9-7-17)27-20-5-3-4-16(22)15-20/h3-9,15,18H,2,10-14H2,1H3,(H2,23,24,26). The van der Waals surface area contributed by atoms with Gasteiger partial charge in [0.15, 0.2) is 0 Å². The average molecular weight is 371 g/mol. The molecule has 1 saturated heterocycles. The van der Waals surface area contributed by atoms with Crippen molar-refractivity contribution < 1.29 is 13.9 Å². The van der Waals surface area contributed by atoms with Gasteiger partial charge in [-0.25, -0.2) is 9.18 Å². The topological polar surface area (TPSA) is 53.6 Å². The third-order valence-corrected chi connectivity index (χ3v) is 4.61. The molecule has 6 heteroatoms. The van der Waals surface area contributed by atoms with Gasteiger partial charge < -0.3 is 20.3 Å². The Morgan fingerprint density at radius 3 is 2.56 bits per heavy atom. The zero-order valence-electron chi connectivity index (χ0n) is 15.6. The highest BCUT2D eigenvalue weighted by atomic mass is 19.1. The first-order valence-corrected chi connectivity index (χ1v) is 9.46. The smallest absolute Gasteiger partial charge is 0.319 e. The normalized spacial score (nSPS) is 15.3. The predicted octanol–water partition coefficient (Wildman–Crippen LogP) is 4.61. The molecule has 1 heterocycles. The maximum atomic E-state index is 13.2. The van der Waals surface area contributed by atoms with Gasteiger partial charge >= 0.3 is 6.03 Å². The molecule has 27 heavy (non-hydrogen) atoms. The molecule has 0 aliphatic carbocycles. The summed E-state index contributed by atoms with van der Waals surface area (Å²) in [5.74, 6) is 0.667. The van der Waals surface area contributed by atoms with Crippen molar-refractivity contribution in [2.75, 3.05) is 25.0 Å². The van der Waals surface area contributed by atoms with Gasteiger partial charge in [0.05, 0.1) is 0 Å². The SMILES string of the molecule is CCCN1CCC(NC(=O)Nc2ccc(Oc3cccc(F)c3)cc2)CC1. The second kappa shape index (κ2) is 9.37. The van der Waals surface area contributed by atoms with E-state index in [0.717, 1.165) is 38.9 Å². The van der Waals surface area contributed by atoms with Crippen LogP contribution in [-0.4, -0.2) is 36.6 Å². The van der Waals surface area contributed by atoms with Crippen molar-refractivity contribution in [2.45, 2.75) is 32.2 Å². The second-order valence-electron chi connectivity index (χ2n) is 6.80. The van der Waals surface area contributed by atoms with Crippen LogP contribution in [0.3, 0.4) is 0 Å². The van der Waals surface area contributed by atoms with E-state index in [1.807, 2.05) is 0 Å². The van der Waals surface area contributed by atoms with Crippen LogP contribution < -0.4 is 15.4 Å². The van der Waals surface area contributed by atoms with Crippen LogP contribution in [0.1, 0.15) is 26.2 Å². The number of carbonyl (C=O) groups excluding carboxylic acids is 1. The van der Waals surface area contributed by atoms with Gasteiger partial charge in [-0.05, 0) is 62.2 Å². The van der Waals surface area contributed by atoms with Gasteiger partial charge in [0.25, 0.3) is 0 Å². The van der Waals surface area contributed by atoms with E-state index in [1.54, 1.807) is 36.4 Å². The van der Waals surface area contributed by atoms with Gasteiger partial charge in [0, 0.05) is 30.9 Å². The maximum absolute atomic E-state index is 13.2. The Hall–Kier alpha value is -2.60. The lowest BCUT2D eigenvalue weighted by molar-refractivity contribution is 0.196. The molecule has 3 rings (SSSR count). The summed E-state index contributed by atoms with van der Waals surface area (Å²) in [5.41, 5.74) is 0.683. The molecule has 144 valence electrons. The Kier molecular flexibility index (Phi) is 6.65. The Labute approximate surface area is 159 Å². The van der Waals surface area contributed by atoms with E-state index in [0.29, 0.717) is 17.2 Å². The number of benzene rings is 2. The van der Waals surface area contributed by atoms with Crippen LogP contribution in [0.2, 0.25) is 0 Å². The van der Waals surface area contributed by atoms with Crippen molar-refractivity contribution in [1.82, 2.24) is 10.2 Å². The lowest BCUT2D eigenvalue weighted by atomic mass is 10.1. The van der Waals surface area contributed by atoms with Crippen molar-refractivity contribution in [2.24, 2.45) is 0 Å². The highest BCUT2D eigenvalue weighted by molar-refractivity contribution is 5.89. The molecule has 0 saturated carbocycles. The molecule has 1 aliphatic heterocycles. The number of hydrogen-bond donors (Lipinski definition) is 2. The lowest BCUT2D eigenvalue weighted by Gasteiger charge is -2.32. The summed E-state index contributed by atoms with van der Waals surface area (Å²) in [5, 5.41) is 5.89. The number of anilines is 1. The number of amides is 2. The number of likely N-dealkylation sites (tertiary alicyclic amines) is 1. The highest BCUT2D eigenvalue weighted by Gasteiger charge is 2.20. The van der Waals surface area contributed by atoms with Crippen molar-refractivity contribution in [3.8, 4) is 11.5 Å². The van der Waals surface area contributed by atoms with Gasteiger partial charge in [0.1, 0.15) is 17.3 Å². The molecular formula is C21H26FN3O2. The Morgan fingerprint density at radius 1 is 1.15 bits per heavy atom. The molecule has 0 unspecified atom stereocenters. The molecule has 0 spiro atoms. The monoisotopic (exact) mass is 371 g/mol. The molecule has 5 nitrogen and oxygen atoms in total. The van der Waals surface area contributed by atoms with Gasteiger partial charge in [-0.3, -0.25) is 0 Å². The van der Waals surface area contributed by atoms with Crippen molar-refractivity contribution >= 4 is 11.7 Å². The summed E-state index contributed by atoms with van der Waals surface area (Å²) in [6.07, 6.45) is 3.12. The Morgan fingerprint density at radius 2 is 1.89 bits per heavy atom. The molecular weight excluding hydrogens is 345 g/mol. The van der Waals surface area contributed by atoms with Gasteiger partial charge in [-0.1, -0.05) is 13.0 Å². The summed E-state index contributed by atoms with van der Waals surface area (Å²) in [7, 11) is 0. The van der Waals surface area contributed by atoms with Crippen LogP contribution in [-0.2, 0) is 0 Å². The summed E-state index contributed by atoms with van der Waals surface area (Å²) in [6, 6.07) is 13.0. The fourth-order valence-electron chi connectivity index (χ4n) is 3.24. The predicted molar refractivity (Wildman–Crippen MR) is 105 cm³/mol. The Bertz CT molecular complexity index is 743. The first-order chi connectivity index (χ1) is 13.1. The quantitative estimate of drug-likeness (QED) is 0.779. The van der Waals surface area contributed by atoms with Gasteiger partial charge in [-0.15, -0.1) is 0 Å². The van der Waals surface area contributed by atoms with Crippen molar-refractivity contribution in [1.29, 1.82) is 0 Å². The van der Waals surface area contributed by atoms with Crippen molar-refractivity contribution in [3.63, 3.8) is 0 Å². The third kappa shape index (κ3) is 5.96. The zero-order chi connectivity index (χ0) is 19.1. The summed E-state index contributed by atoms with van der Waals surface area (Å²) < 4.78 is 18.8. The first-order valence-electron chi connectivity index (χ1n) is 9.46. The van der Waals surface area contributed by atoms with E-state index in [-0.39, 0.29) is 17.9 Å². The molecule has 0 radical (unpaired) electrons. The summed E-state index contributed by atoms with van der Waals surface area (Å²) in [4.78, 5) is 14.6. The minimum Gasteiger partial charge on any atom is -0.457 e. The van der Waals surface area contributed by atoms with E-state index in [2.05, 4.69) is 22.5 Å². The van der Waals surface area contributed by atoms with E-state index in [4.69, 9.17) is 4.74 Å². The molecule has 1 aliphatic rings. The number of hydrogen-bond acceptors (Lipinski definition) is 3. The third-order valence-electron chi connectivity index (χ3n) is 4.61. The molecule has 2 N–H and O–H groups in total. The van der Waals surface area contributed by atoms with Crippen LogP contribution >= 0.6 is 0 Å². The number of nitrogens with one attached hydrogen (secondary N) is 2. The molecule has 2 aromatic carbocycles. The number of ether oxygens (including phenoxy) is 1. The number of urea groups is 1. The molecule has 0 aromatic heterocycles. The van der Waals surface area contributed by atoms with Gasteiger partial charge in [-0.2, -0.15) is 0 Å². The van der Waals surface area contributed by atoms with E-state index >= 15 is 0 Å². The molecule has 2 aromatic rings. The van der Waals surface area contributed by atoms with Crippen LogP contribution in [0.5, 0.6) is 11.5 Å². The van der Waals surface area contributed by atoms with Crippen molar-refractivity contribution in [3.05, 3.63) is 54.3 Å². The minimum atomic E-state index is -0.344. The molecule has 0 atom stereocenters. The Balaban J connectivity index is 1.46. The largest absolute Gasteiger partial charge is 0.457 e. The van der Waals surface area contributed by atoms with Crippen LogP contribution in [0.4, 0.5) is 14.9 Å². The fourth-order valence-corrected chi connectivity index (χ4v) is 3.24. The highest BCUT2D eigenvalue weighted by Crippen LogP contribution is 2.23. The van der Waals surface area contributed by atoms with E-state index in [9.17, 15) is 9.18 Å². The number of piperidine rings is 1. The molecule has 1 fully saturated rings. The number of nitrogens with zero attached hydrogens (tertiary/aromatic N) is 1. The summed E-state index contributed by atoms with van der Waals surface area (Å²) >= 11 is 0. The van der Waals surface area contributed by atoms with Crippen LogP contribution in [0, 0.1) is 5.82 Å². The van der Waals surface area contributed by atoms with Crippen LogP contribution in [0.15, 0.2) is 48.5 Å². The average Bonchev–Trinajstić information content (AvgIpc) is 2.65. The lowest BCUT2D eigenvalue weighted by Crippen LogP contribution is -2.46.